The van der Waals surface area contributed by atoms with Gasteiger partial charge in [-0.2, -0.15) is 16.7 Å². The smallest absolute Gasteiger partial charge is 0.244 e. The molecule has 0 bridgehead atoms. The highest BCUT2D eigenvalue weighted by atomic mass is 32.2. The van der Waals surface area contributed by atoms with Crippen LogP contribution >= 0.6 is 11.8 Å². The van der Waals surface area contributed by atoms with Crippen LogP contribution in [0.1, 0.15) is 38.0 Å². The average molecular weight is 227 g/mol. The van der Waals surface area contributed by atoms with Crippen LogP contribution in [0.15, 0.2) is 4.52 Å². The number of hydrogen-bond acceptors (Lipinski definition) is 5. The van der Waals surface area contributed by atoms with E-state index in [1.54, 1.807) is 0 Å². The molecule has 0 aliphatic carbocycles. The summed E-state index contributed by atoms with van der Waals surface area (Å²) in [5, 5.41) is 7.37. The van der Waals surface area contributed by atoms with Crippen LogP contribution in [0.4, 0.5) is 0 Å². The molecule has 1 aromatic rings. The molecule has 0 aromatic carbocycles. The minimum atomic E-state index is 0.262. The van der Waals surface area contributed by atoms with Crippen LogP contribution < -0.4 is 5.32 Å². The molecular weight excluding hydrogens is 210 g/mol. The molecule has 1 aliphatic heterocycles. The Kier molecular flexibility index (Phi) is 3.64. The zero-order valence-electron chi connectivity index (χ0n) is 9.19. The molecule has 2 rings (SSSR count). The summed E-state index contributed by atoms with van der Waals surface area (Å²) in [6.45, 7) is 5.40. The maximum Gasteiger partial charge on any atom is 0.244 e. The Hall–Kier alpha value is -0.550. The summed E-state index contributed by atoms with van der Waals surface area (Å²) in [6, 6.07) is 0.262. The molecule has 1 N–H and O–H groups in total. The van der Waals surface area contributed by atoms with Gasteiger partial charge in [0.15, 0.2) is 5.82 Å². The molecule has 1 saturated heterocycles. The van der Waals surface area contributed by atoms with Gasteiger partial charge in [0.2, 0.25) is 5.89 Å². The van der Waals surface area contributed by atoms with Crippen LogP contribution in [0.2, 0.25) is 0 Å². The van der Waals surface area contributed by atoms with Crippen molar-refractivity contribution in [2.75, 3.05) is 12.3 Å². The predicted octanol–water partition coefficient (Wildman–Crippen LogP) is 1.99. The minimum Gasteiger partial charge on any atom is -0.338 e. The summed E-state index contributed by atoms with van der Waals surface area (Å²) in [7, 11) is 0. The fraction of sp³-hybridized carbons (Fsp3) is 0.800. The van der Waals surface area contributed by atoms with Crippen molar-refractivity contribution in [2.45, 2.75) is 32.1 Å². The molecule has 1 fully saturated rings. The third-order valence-corrected chi connectivity index (χ3v) is 3.59. The molecule has 15 heavy (non-hydrogen) atoms. The van der Waals surface area contributed by atoms with Crippen molar-refractivity contribution in [2.24, 2.45) is 5.92 Å². The largest absolute Gasteiger partial charge is 0.338 e. The van der Waals surface area contributed by atoms with E-state index < -0.39 is 0 Å². The van der Waals surface area contributed by atoms with Gasteiger partial charge in [-0.3, -0.25) is 0 Å². The van der Waals surface area contributed by atoms with E-state index in [2.05, 4.69) is 29.3 Å². The summed E-state index contributed by atoms with van der Waals surface area (Å²) in [6.07, 6.45) is 1.19. The highest BCUT2D eigenvalue weighted by molar-refractivity contribution is 7.98. The zero-order valence-corrected chi connectivity index (χ0v) is 10.0. The van der Waals surface area contributed by atoms with Crippen molar-refractivity contribution in [1.82, 2.24) is 15.5 Å². The van der Waals surface area contributed by atoms with Gasteiger partial charge in [0.1, 0.15) is 0 Å². The second kappa shape index (κ2) is 4.99. The van der Waals surface area contributed by atoms with Crippen molar-refractivity contribution in [3.63, 3.8) is 0 Å². The lowest BCUT2D eigenvalue weighted by Crippen LogP contribution is -2.16. The Morgan fingerprint density at radius 2 is 2.47 bits per heavy atom. The third-order valence-electron chi connectivity index (χ3n) is 2.72. The summed E-state index contributed by atoms with van der Waals surface area (Å²) in [5.74, 6) is 4.10. The van der Waals surface area contributed by atoms with Gasteiger partial charge in [-0.25, -0.2) is 0 Å². The van der Waals surface area contributed by atoms with Gasteiger partial charge in [0.25, 0.3) is 0 Å². The summed E-state index contributed by atoms with van der Waals surface area (Å²) >= 11 is 1.81. The first-order valence-electron chi connectivity index (χ1n) is 5.45. The van der Waals surface area contributed by atoms with Gasteiger partial charge >= 0.3 is 0 Å². The lowest BCUT2D eigenvalue weighted by molar-refractivity contribution is 0.317. The fourth-order valence-electron chi connectivity index (χ4n) is 1.81. The lowest BCUT2D eigenvalue weighted by atomic mass is 10.0. The number of nitrogens with one attached hydrogen (secondary N) is 1. The van der Waals surface area contributed by atoms with Gasteiger partial charge in [0, 0.05) is 0 Å². The van der Waals surface area contributed by atoms with Crippen LogP contribution in [0, 0.1) is 5.92 Å². The van der Waals surface area contributed by atoms with E-state index in [-0.39, 0.29) is 6.04 Å². The molecule has 2 heterocycles. The van der Waals surface area contributed by atoms with E-state index in [0.717, 1.165) is 29.8 Å². The first-order chi connectivity index (χ1) is 7.31. The van der Waals surface area contributed by atoms with E-state index in [0.29, 0.717) is 5.92 Å². The molecule has 84 valence electrons. The highest BCUT2D eigenvalue weighted by Crippen LogP contribution is 2.27. The van der Waals surface area contributed by atoms with Gasteiger partial charge < -0.3 is 9.84 Å². The molecule has 0 saturated carbocycles. The van der Waals surface area contributed by atoms with E-state index in [9.17, 15) is 0 Å². The number of hydrogen-bond donors (Lipinski definition) is 1. The lowest BCUT2D eigenvalue weighted by Gasteiger charge is -2.09. The van der Waals surface area contributed by atoms with Crippen molar-refractivity contribution >= 4 is 11.8 Å². The number of rotatable bonds is 4. The molecule has 2 atom stereocenters. The molecule has 4 nitrogen and oxygen atoms in total. The van der Waals surface area contributed by atoms with E-state index in [1.165, 1.54) is 6.42 Å². The first kappa shape index (κ1) is 11.0. The molecule has 2 unspecified atom stereocenters. The molecule has 1 aromatic heterocycles. The third kappa shape index (κ3) is 2.52. The predicted molar refractivity (Wildman–Crippen MR) is 60.7 cm³/mol. The topological polar surface area (TPSA) is 51.0 Å². The molecule has 1 aliphatic rings. The van der Waals surface area contributed by atoms with Crippen LogP contribution in [-0.2, 0) is 5.75 Å². The molecule has 0 radical (unpaired) electrons. The molecular formula is C10H17N3OS. The van der Waals surface area contributed by atoms with Crippen molar-refractivity contribution in [1.29, 1.82) is 0 Å². The van der Waals surface area contributed by atoms with Crippen molar-refractivity contribution < 1.29 is 4.52 Å². The Labute approximate surface area is 94.2 Å². The quantitative estimate of drug-likeness (QED) is 0.852. The summed E-state index contributed by atoms with van der Waals surface area (Å²) < 4.78 is 5.28. The molecule has 0 spiro atoms. The maximum atomic E-state index is 5.28. The van der Waals surface area contributed by atoms with E-state index >= 15 is 0 Å². The normalized spacial score (nSPS) is 26.0. The van der Waals surface area contributed by atoms with Gasteiger partial charge in [-0.1, -0.05) is 19.0 Å². The monoisotopic (exact) mass is 227 g/mol. The molecule has 5 heteroatoms. The molecule has 0 amide bonds. The van der Waals surface area contributed by atoms with Crippen LogP contribution in [0.3, 0.4) is 0 Å². The highest BCUT2D eigenvalue weighted by Gasteiger charge is 2.29. The number of aromatic nitrogens is 2. The SMILES string of the molecule is CCSCc1noc(C2NCCC2C)n1. The second-order valence-electron chi connectivity index (χ2n) is 3.88. The second-order valence-corrected chi connectivity index (χ2v) is 5.16. The van der Waals surface area contributed by atoms with Crippen molar-refractivity contribution in [3.05, 3.63) is 11.7 Å². The Morgan fingerprint density at radius 1 is 1.60 bits per heavy atom. The maximum absolute atomic E-state index is 5.28. The zero-order chi connectivity index (χ0) is 10.7. The van der Waals surface area contributed by atoms with E-state index in [1.807, 2.05) is 11.8 Å². The fourth-order valence-corrected chi connectivity index (χ4v) is 2.31. The van der Waals surface area contributed by atoms with Crippen LogP contribution in [-0.4, -0.2) is 22.4 Å². The van der Waals surface area contributed by atoms with E-state index in [4.69, 9.17) is 4.52 Å². The average Bonchev–Trinajstić information content (AvgIpc) is 2.83. The van der Waals surface area contributed by atoms with Gasteiger partial charge in [-0.05, 0) is 24.6 Å². The summed E-state index contributed by atoms with van der Waals surface area (Å²) in [5.41, 5.74) is 0. The Balaban J connectivity index is 1.99. The standard InChI is InChI=1S/C10H17N3OS/c1-3-15-6-8-12-10(14-13-8)9-7(2)4-5-11-9/h7,9,11H,3-6H2,1-2H3. The Morgan fingerprint density at radius 3 is 3.13 bits per heavy atom. The van der Waals surface area contributed by atoms with Crippen LogP contribution in [0.25, 0.3) is 0 Å². The Bertz CT molecular complexity index is 315. The van der Waals surface area contributed by atoms with Crippen LogP contribution in [0.5, 0.6) is 0 Å². The number of thioether (sulfide) groups is 1. The summed E-state index contributed by atoms with van der Waals surface area (Å²) in [4.78, 5) is 4.42. The first-order valence-corrected chi connectivity index (χ1v) is 6.60. The van der Waals surface area contributed by atoms with Gasteiger partial charge in [-0.15, -0.1) is 0 Å². The van der Waals surface area contributed by atoms with Crippen molar-refractivity contribution in [3.8, 4) is 0 Å². The number of nitrogens with zero attached hydrogens (tertiary/aromatic N) is 2. The minimum absolute atomic E-state index is 0.262. The van der Waals surface area contributed by atoms with Gasteiger partial charge in [0.05, 0.1) is 11.8 Å².